The molecular weight excluding hydrogens is 520 g/mol. The second-order valence-corrected chi connectivity index (χ2v) is 14.0. The first-order valence-corrected chi connectivity index (χ1v) is 14.7. The number of carboxylic acid groups (broad SMARTS) is 1. The van der Waals surface area contributed by atoms with Gasteiger partial charge in [0.2, 0.25) is 0 Å². The Kier molecular flexibility index (Phi) is 7.27. The predicted molar refractivity (Wildman–Crippen MR) is 119 cm³/mol. The zero-order valence-corrected chi connectivity index (χ0v) is 22.8. The van der Waals surface area contributed by atoms with Crippen LogP contribution in [0.3, 0.4) is 0 Å². The van der Waals surface area contributed by atoms with Crippen LogP contribution < -0.4 is 5.73 Å². The number of carbonyl (C=O) groups excluding carboxylic acids is 2. The predicted octanol–water partition coefficient (Wildman–Crippen LogP) is 0.413. The van der Waals surface area contributed by atoms with E-state index in [-0.39, 0.29) is 24.0 Å². The normalized spacial score (nSPS) is 36.1. The number of likely N-dealkylation sites (tertiary alicyclic amines) is 1. The Labute approximate surface area is 199 Å². The number of primary amides is 1. The third kappa shape index (κ3) is 3.57. The van der Waals surface area contributed by atoms with Gasteiger partial charge in [0.15, 0.2) is 0 Å². The second kappa shape index (κ2) is 9.18. The van der Waals surface area contributed by atoms with Crippen molar-refractivity contribution in [2.75, 3.05) is 32.8 Å². The van der Waals surface area contributed by atoms with E-state index < -0.39 is 61.6 Å². The summed E-state index contributed by atoms with van der Waals surface area (Å²) in [6.07, 6.45) is -0.421. The number of fused-ring (bicyclic) bond motifs is 1. The molecule has 3 rings (SSSR count). The maximum atomic E-state index is 16.2. The first-order chi connectivity index (χ1) is 15.0. The number of hydrogen-bond donors (Lipinski definition) is 2. The van der Waals surface area contributed by atoms with E-state index in [9.17, 15) is 19.5 Å². The van der Waals surface area contributed by atoms with E-state index in [1.165, 1.54) is 0 Å². The molecule has 0 aromatic rings. The van der Waals surface area contributed by atoms with Crippen LogP contribution in [-0.2, 0) is 19.1 Å². The molecular formula is C22H33FInN3O5. The summed E-state index contributed by atoms with van der Waals surface area (Å²) in [6, 6.07) is -0.299. The molecule has 0 spiro atoms. The van der Waals surface area contributed by atoms with Crippen molar-refractivity contribution < 1.29 is 28.6 Å². The minimum absolute atomic E-state index is 0.00148. The molecule has 0 aliphatic carbocycles. The first kappa shape index (κ1) is 25.4. The molecule has 1 saturated heterocycles. The molecule has 5 unspecified atom stereocenters. The maximum absolute atomic E-state index is 16.2. The number of ketones is 1. The molecule has 0 aromatic heterocycles. The Hall–Kier alpha value is -1.26. The summed E-state index contributed by atoms with van der Waals surface area (Å²) in [4.78, 5) is 42.0. The van der Waals surface area contributed by atoms with Gasteiger partial charge in [0.05, 0.1) is 0 Å². The first-order valence-electron chi connectivity index (χ1n) is 11.4. The van der Waals surface area contributed by atoms with Gasteiger partial charge in [0, 0.05) is 0 Å². The van der Waals surface area contributed by atoms with Crippen LogP contribution in [0.15, 0.2) is 11.3 Å². The molecule has 0 saturated carbocycles. The van der Waals surface area contributed by atoms with Gasteiger partial charge in [0.1, 0.15) is 0 Å². The topological polar surface area (TPSA) is 113 Å². The molecule has 32 heavy (non-hydrogen) atoms. The number of nitrogens with zero attached hydrogens (tertiary/aromatic N) is 2. The molecule has 3 aliphatic rings. The van der Waals surface area contributed by atoms with Gasteiger partial charge >= 0.3 is 199 Å². The van der Waals surface area contributed by atoms with Gasteiger partial charge in [-0.05, 0) is 0 Å². The second-order valence-electron chi connectivity index (χ2n) is 8.88. The summed E-state index contributed by atoms with van der Waals surface area (Å²) in [6.45, 7) is 12.3. The van der Waals surface area contributed by atoms with Crippen LogP contribution in [0.4, 0.5) is 4.39 Å². The molecule has 8 nitrogen and oxygen atoms in total. The van der Waals surface area contributed by atoms with Crippen molar-refractivity contribution >= 4 is 43.3 Å². The number of amides is 1. The molecule has 10 heteroatoms. The van der Waals surface area contributed by atoms with Crippen molar-refractivity contribution in [2.24, 2.45) is 17.6 Å². The van der Waals surface area contributed by atoms with E-state index in [0.717, 1.165) is 13.1 Å². The summed E-state index contributed by atoms with van der Waals surface area (Å²) in [5, 5.41) is 10.3. The number of likely N-dealkylation sites (N-methyl/N-ethyl adjacent to an activating group) is 1. The fourth-order valence-electron chi connectivity index (χ4n) is 5.83. The van der Waals surface area contributed by atoms with Crippen LogP contribution in [0.2, 0.25) is 0 Å². The van der Waals surface area contributed by atoms with Crippen LogP contribution in [0, 0.1) is 11.8 Å². The number of carbonyl (C=O) groups is 3. The molecule has 176 valence electrons. The minimum atomic E-state index is -2.41. The van der Waals surface area contributed by atoms with Crippen molar-refractivity contribution in [2.45, 2.75) is 56.1 Å². The molecule has 1 fully saturated rings. The van der Waals surface area contributed by atoms with Gasteiger partial charge in [-0.2, -0.15) is 0 Å². The fourth-order valence-corrected chi connectivity index (χ4v) is 11.7. The Morgan fingerprint density at radius 2 is 1.94 bits per heavy atom. The zero-order chi connectivity index (χ0) is 24.0. The van der Waals surface area contributed by atoms with E-state index in [0.29, 0.717) is 22.0 Å². The van der Waals surface area contributed by atoms with Gasteiger partial charge in [-0.1, -0.05) is 0 Å². The van der Waals surface area contributed by atoms with Gasteiger partial charge in [-0.15, -0.1) is 0 Å². The zero-order valence-electron chi connectivity index (χ0n) is 19.5. The van der Waals surface area contributed by atoms with Crippen LogP contribution >= 0.6 is 0 Å². The molecule has 5 atom stereocenters. The van der Waals surface area contributed by atoms with Crippen LogP contribution in [0.1, 0.15) is 41.0 Å². The number of aliphatic carboxylic acids is 1. The number of carboxylic acids is 1. The number of hydrogen-bond acceptors (Lipinski definition) is 6. The van der Waals surface area contributed by atoms with E-state index in [1.54, 1.807) is 6.92 Å². The van der Waals surface area contributed by atoms with Crippen LogP contribution in [0.25, 0.3) is 0 Å². The molecule has 2 bridgehead atoms. The Bertz CT molecular complexity index is 889. The third-order valence-electron chi connectivity index (χ3n) is 7.39. The summed E-state index contributed by atoms with van der Waals surface area (Å²) >= 11 is -2.41. The Morgan fingerprint density at radius 1 is 1.31 bits per heavy atom. The number of nitrogens with two attached hydrogens (primary N) is 1. The molecule has 0 aromatic carbocycles. The summed E-state index contributed by atoms with van der Waals surface area (Å²) in [5.41, 5.74) is 4.30. The van der Waals surface area contributed by atoms with E-state index in [4.69, 9.17) is 10.5 Å². The Balaban J connectivity index is 2.24. The van der Waals surface area contributed by atoms with Crippen LogP contribution in [0.5, 0.6) is 0 Å². The van der Waals surface area contributed by atoms with Crippen molar-refractivity contribution in [3.63, 3.8) is 0 Å². The SMILES string of the molecule is CCOC1(C(=O)O)/C(=C2\C(C)C(C(N)=O)C(C)N2CCN(CC)CC)[C]2=[In][C]1(F)CC2=O. The fraction of sp³-hybridized carbons (Fsp3) is 0.727. The molecule has 3 heterocycles. The van der Waals surface area contributed by atoms with Crippen molar-refractivity contribution in [1.82, 2.24) is 9.80 Å². The number of halogens is 1. The molecule has 0 radical (unpaired) electrons. The summed E-state index contributed by atoms with van der Waals surface area (Å²) in [5.74, 6) is -3.20. The number of alkyl halides is 1. The average Bonchev–Trinajstić information content (AvgIpc) is 3.25. The monoisotopic (exact) mass is 553 g/mol. The van der Waals surface area contributed by atoms with E-state index in [1.807, 2.05) is 18.7 Å². The van der Waals surface area contributed by atoms with Gasteiger partial charge in [0.25, 0.3) is 0 Å². The van der Waals surface area contributed by atoms with Gasteiger partial charge in [-0.25, -0.2) is 0 Å². The summed E-state index contributed by atoms with van der Waals surface area (Å²) < 4.78 is 20.2. The van der Waals surface area contributed by atoms with E-state index in [2.05, 4.69) is 18.7 Å². The molecule has 3 aliphatic heterocycles. The van der Waals surface area contributed by atoms with Gasteiger partial charge < -0.3 is 0 Å². The summed E-state index contributed by atoms with van der Waals surface area (Å²) in [7, 11) is 0. The van der Waals surface area contributed by atoms with Crippen molar-refractivity contribution in [1.29, 1.82) is 0 Å². The number of Topliss-reactive ketones (excluding diaryl/α,β-unsaturated/α-hetero) is 1. The standard InChI is InChI=1S/C22H33FN3O5.In/c1-6-25(7-2)9-10-26-14(5)18(20(24)28)13(4)19(26)16-11-15(27)12-17(23)22(16,21(29)30)31-8-3;/h13-14,18H,6-10,12H2,1-5H3,(H2,24,28)(H,29,30);/b19-16+;. The average molecular weight is 553 g/mol. The number of rotatable bonds is 9. The quantitative estimate of drug-likeness (QED) is 0.426. The number of ether oxygens (including phenoxy) is 1. The van der Waals surface area contributed by atoms with Crippen molar-refractivity contribution in [3.8, 4) is 0 Å². The molecule has 1 amide bonds. The Morgan fingerprint density at radius 3 is 2.44 bits per heavy atom. The third-order valence-corrected chi connectivity index (χ3v) is 13.0. The van der Waals surface area contributed by atoms with E-state index >= 15 is 4.39 Å². The van der Waals surface area contributed by atoms with Crippen LogP contribution in [-0.4, -0.2) is 106 Å². The number of allylic oxidation sites excluding steroid dienone is 1. The van der Waals surface area contributed by atoms with Gasteiger partial charge in [-0.3, -0.25) is 0 Å². The van der Waals surface area contributed by atoms with Crippen molar-refractivity contribution in [3.05, 3.63) is 11.3 Å². The molecule has 3 N–H and O–H groups in total.